The molecule has 1 aromatic rings. The molecule has 0 aromatic heterocycles. The molecule has 2 nitrogen and oxygen atoms in total. The highest BCUT2D eigenvalue weighted by Gasteiger charge is 2.16. The first-order chi connectivity index (χ1) is 9.44. The third-order valence-corrected chi connectivity index (χ3v) is 3.58. The van der Waals surface area contributed by atoms with Gasteiger partial charge in [0.15, 0.2) is 0 Å². The topological polar surface area (TPSA) is 24.1 Å². The molecular formula is C18H32N2. The predicted octanol–water partition coefficient (Wildman–Crippen LogP) is 5.01. The minimum atomic E-state index is 0.463. The first-order valence-electron chi connectivity index (χ1n) is 8.15. The van der Waals surface area contributed by atoms with E-state index >= 15 is 0 Å². The molecule has 0 unspecified atom stereocenters. The second kappa shape index (κ2) is 7.56. The van der Waals surface area contributed by atoms with E-state index in [9.17, 15) is 0 Å². The van der Waals surface area contributed by atoms with Gasteiger partial charge in [0.05, 0.1) is 0 Å². The molecule has 0 atom stereocenters. The van der Waals surface area contributed by atoms with Crippen LogP contribution in [0, 0.1) is 0 Å². The number of rotatable bonds is 7. The van der Waals surface area contributed by atoms with Gasteiger partial charge in [0, 0.05) is 23.5 Å². The molecule has 0 aliphatic rings. The van der Waals surface area contributed by atoms with Gasteiger partial charge in [-0.1, -0.05) is 26.8 Å². The number of aryl methyl sites for hydroxylation is 2. The van der Waals surface area contributed by atoms with Crippen LogP contribution in [0.1, 0.15) is 65.2 Å². The lowest BCUT2D eigenvalue weighted by molar-refractivity contribution is 0.871. The zero-order valence-electron chi connectivity index (χ0n) is 14.4. The first kappa shape index (κ1) is 16.9. The predicted molar refractivity (Wildman–Crippen MR) is 92.1 cm³/mol. The zero-order chi connectivity index (χ0) is 15.3. The SMILES string of the molecule is CCc1cc(CC)c(NC(C)C)c(CC)c1NC(C)C. The highest BCUT2D eigenvalue weighted by molar-refractivity contribution is 5.73. The van der Waals surface area contributed by atoms with Crippen molar-refractivity contribution in [3.8, 4) is 0 Å². The Kier molecular flexibility index (Phi) is 6.38. The zero-order valence-corrected chi connectivity index (χ0v) is 14.4. The normalized spacial score (nSPS) is 11.2. The molecule has 0 bridgehead atoms. The lowest BCUT2D eigenvalue weighted by atomic mass is 9.94. The number of hydrogen-bond acceptors (Lipinski definition) is 2. The maximum absolute atomic E-state index is 3.67. The van der Waals surface area contributed by atoms with Crippen molar-refractivity contribution >= 4 is 11.4 Å². The lowest BCUT2D eigenvalue weighted by Gasteiger charge is -2.25. The van der Waals surface area contributed by atoms with Crippen molar-refractivity contribution < 1.29 is 0 Å². The summed E-state index contributed by atoms with van der Waals surface area (Å²) in [5.41, 5.74) is 7.04. The van der Waals surface area contributed by atoms with Crippen LogP contribution in [-0.4, -0.2) is 12.1 Å². The van der Waals surface area contributed by atoms with Crippen LogP contribution in [0.2, 0.25) is 0 Å². The van der Waals surface area contributed by atoms with Gasteiger partial charge in [-0.05, 0) is 63.6 Å². The summed E-state index contributed by atoms with van der Waals surface area (Å²) in [6, 6.07) is 3.31. The molecule has 0 aliphatic heterocycles. The molecule has 2 heteroatoms. The molecule has 2 N–H and O–H groups in total. The summed E-state index contributed by atoms with van der Waals surface area (Å²) in [6.45, 7) is 15.6. The summed E-state index contributed by atoms with van der Waals surface area (Å²) in [5, 5.41) is 7.34. The summed E-state index contributed by atoms with van der Waals surface area (Å²) >= 11 is 0. The Morgan fingerprint density at radius 2 is 1.15 bits per heavy atom. The van der Waals surface area contributed by atoms with Gasteiger partial charge in [-0.15, -0.1) is 0 Å². The fraction of sp³-hybridized carbons (Fsp3) is 0.667. The molecule has 0 radical (unpaired) electrons. The quantitative estimate of drug-likeness (QED) is 0.731. The summed E-state index contributed by atoms with van der Waals surface area (Å²) in [6.07, 6.45) is 3.22. The number of nitrogens with one attached hydrogen (secondary N) is 2. The van der Waals surface area contributed by atoms with E-state index in [0.29, 0.717) is 12.1 Å². The minimum Gasteiger partial charge on any atom is -0.382 e. The maximum atomic E-state index is 3.67. The van der Waals surface area contributed by atoms with Gasteiger partial charge >= 0.3 is 0 Å². The molecule has 0 heterocycles. The monoisotopic (exact) mass is 276 g/mol. The average molecular weight is 276 g/mol. The Hall–Kier alpha value is -1.18. The molecule has 0 fully saturated rings. The average Bonchev–Trinajstić information content (AvgIpc) is 2.38. The molecule has 20 heavy (non-hydrogen) atoms. The Balaban J connectivity index is 3.46. The summed E-state index contributed by atoms with van der Waals surface area (Å²) in [5.74, 6) is 0. The van der Waals surface area contributed by atoms with Crippen molar-refractivity contribution in [2.24, 2.45) is 0 Å². The van der Waals surface area contributed by atoms with Crippen LogP contribution in [0.3, 0.4) is 0 Å². The van der Waals surface area contributed by atoms with Crippen LogP contribution in [0.15, 0.2) is 6.07 Å². The van der Waals surface area contributed by atoms with Crippen molar-refractivity contribution in [3.63, 3.8) is 0 Å². The van der Waals surface area contributed by atoms with E-state index in [0.717, 1.165) is 19.3 Å². The summed E-state index contributed by atoms with van der Waals surface area (Å²) in [7, 11) is 0. The standard InChI is InChI=1S/C18H32N2/c1-8-14-11-15(9-2)18(20-13(6)7)16(10-3)17(14)19-12(4)5/h11-13,19-20H,8-10H2,1-7H3. The van der Waals surface area contributed by atoms with Gasteiger partial charge in [-0.3, -0.25) is 0 Å². The number of anilines is 2. The Morgan fingerprint density at radius 1 is 0.750 bits per heavy atom. The number of benzene rings is 1. The van der Waals surface area contributed by atoms with Crippen molar-refractivity contribution in [2.75, 3.05) is 10.6 Å². The van der Waals surface area contributed by atoms with Crippen molar-refractivity contribution in [2.45, 2.75) is 79.8 Å². The van der Waals surface area contributed by atoms with E-state index in [4.69, 9.17) is 0 Å². The second-order valence-electron chi connectivity index (χ2n) is 6.08. The molecule has 0 saturated heterocycles. The van der Waals surface area contributed by atoms with Crippen LogP contribution in [0.25, 0.3) is 0 Å². The van der Waals surface area contributed by atoms with Gasteiger partial charge < -0.3 is 10.6 Å². The molecule has 0 spiro atoms. The molecule has 1 rings (SSSR count). The van der Waals surface area contributed by atoms with Crippen LogP contribution in [0.4, 0.5) is 11.4 Å². The summed E-state index contributed by atoms with van der Waals surface area (Å²) in [4.78, 5) is 0. The maximum Gasteiger partial charge on any atom is 0.0428 e. The van der Waals surface area contributed by atoms with Crippen molar-refractivity contribution in [1.82, 2.24) is 0 Å². The van der Waals surface area contributed by atoms with E-state index in [1.165, 1.54) is 28.1 Å². The summed E-state index contributed by atoms with van der Waals surface area (Å²) < 4.78 is 0. The molecular weight excluding hydrogens is 244 g/mol. The molecule has 1 aromatic carbocycles. The van der Waals surface area contributed by atoms with Crippen LogP contribution in [-0.2, 0) is 19.3 Å². The second-order valence-corrected chi connectivity index (χ2v) is 6.08. The van der Waals surface area contributed by atoms with E-state index in [1.807, 2.05) is 0 Å². The first-order valence-corrected chi connectivity index (χ1v) is 8.15. The third-order valence-electron chi connectivity index (χ3n) is 3.58. The molecule has 0 aliphatic carbocycles. The Bertz CT molecular complexity index is 397. The van der Waals surface area contributed by atoms with Crippen molar-refractivity contribution in [1.29, 1.82) is 0 Å². The van der Waals surface area contributed by atoms with Gasteiger partial charge in [0.1, 0.15) is 0 Å². The van der Waals surface area contributed by atoms with Crippen LogP contribution >= 0.6 is 0 Å². The van der Waals surface area contributed by atoms with E-state index in [1.54, 1.807) is 0 Å². The lowest BCUT2D eigenvalue weighted by Crippen LogP contribution is -2.18. The van der Waals surface area contributed by atoms with E-state index in [2.05, 4.69) is 65.2 Å². The minimum absolute atomic E-state index is 0.463. The van der Waals surface area contributed by atoms with Crippen LogP contribution in [0.5, 0.6) is 0 Å². The van der Waals surface area contributed by atoms with Gasteiger partial charge in [0.25, 0.3) is 0 Å². The van der Waals surface area contributed by atoms with E-state index < -0.39 is 0 Å². The fourth-order valence-electron chi connectivity index (χ4n) is 2.72. The van der Waals surface area contributed by atoms with Gasteiger partial charge in [0.2, 0.25) is 0 Å². The highest BCUT2D eigenvalue weighted by Crippen LogP contribution is 2.34. The van der Waals surface area contributed by atoms with E-state index in [-0.39, 0.29) is 0 Å². The third kappa shape index (κ3) is 3.91. The fourth-order valence-corrected chi connectivity index (χ4v) is 2.72. The smallest absolute Gasteiger partial charge is 0.0428 e. The van der Waals surface area contributed by atoms with Gasteiger partial charge in [-0.25, -0.2) is 0 Å². The highest BCUT2D eigenvalue weighted by atomic mass is 14.9. The van der Waals surface area contributed by atoms with Crippen LogP contribution < -0.4 is 10.6 Å². The molecule has 0 amide bonds. The Morgan fingerprint density at radius 3 is 1.40 bits per heavy atom. The van der Waals surface area contributed by atoms with Crippen molar-refractivity contribution in [3.05, 3.63) is 22.8 Å². The largest absolute Gasteiger partial charge is 0.382 e. The van der Waals surface area contributed by atoms with Gasteiger partial charge in [-0.2, -0.15) is 0 Å². The molecule has 0 saturated carbocycles. The Labute approximate surface area is 125 Å². The number of hydrogen-bond donors (Lipinski definition) is 2. The molecule has 114 valence electrons.